The summed E-state index contributed by atoms with van der Waals surface area (Å²) < 4.78 is 0. The summed E-state index contributed by atoms with van der Waals surface area (Å²) in [4.78, 5) is 2.95. The molecule has 0 aliphatic heterocycles. The van der Waals surface area contributed by atoms with Gasteiger partial charge in [-0.2, -0.15) is 4.79 Å². The van der Waals surface area contributed by atoms with Crippen molar-refractivity contribution in [1.82, 2.24) is 0 Å². The number of terminal acetylenes is 1. The Bertz CT molecular complexity index is 201. The van der Waals surface area contributed by atoms with E-state index >= 15 is 0 Å². The lowest BCUT2D eigenvalue weighted by atomic mass is 9.95. The number of hydrogen-bond donors (Lipinski definition) is 1. The molecule has 0 fully saturated rings. The van der Waals surface area contributed by atoms with Gasteiger partial charge in [0.05, 0.1) is 0 Å². The number of aliphatic hydroxyl groups excluding tert-OH is 1. The Labute approximate surface area is 79.4 Å². The van der Waals surface area contributed by atoms with Crippen LogP contribution in [0.4, 0.5) is 0 Å². The van der Waals surface area contributed by atoms with Gasteiger partial charge < -0.3 is 10.6 Å². The molecule has 0 spiro atoms. The Kier molecular flexibility index (Phi) is 8.23. The van der Waals surface area contributed by atoms with E-state index in [-0.39, 0.29) is 6.61 Å². The monoisotopic (exact) mass is 180 g/mol. The number of aliphatic hydroxyl groups is 1. The van der Waals surface area contributed by atoms with Gasteiger partial charge in [-0.05, 0) is 25.2 Å². The first-order valence-corrected chi connectivity index (χ1v) is 4.55. The highest BCUT2D eigenvalue weighted by Gasteiger charge is 2.07. The zero-order chi connectivity index (χ0) is 9.94. The highest BCUT2D eigenvalue weighted by molar-refractivity contribution is 5.50. The molecule has 0 bridgehead atoms. The maximum atomic E-state index is 8.64. The molecule has 1 N–H and O–H groups in total. The molecule has 0 aromatic carbocycles. The quantitative estimate of drug-likeness (QED) is 0.274. The molecule has 72 valence electrons. The minimum atomic E-state index is 0.211. The van der Waals surface area contributed by atoms with Crippen LogP contribution >= 0.6 is 0 Å². The van der Waals surface area contributed by atoms with E-state index in [9.17, 15) is 0 Å². The molecule has 0 aromatic rings. The third-order valence-corrected chi connectivity index (χ3v) is 1.99. The van der Waals surface area contributed by atoms with Gasteiger partial charge in [-0.1, -0.05) is 0 Å². The second-order valence-corrected chi connectivity index (χ2v) is 3.01. The minimum Gasteiger partial charge on any atom is -0.396 e. The average molecular weight is 180 g/mol. The maximum Gasteiger partial charge on any atom is 0.257 e. The summed E-state index contributed by atoms with van der Waals surface area (Å²) in [5.74, 6) is 3.01. The fraction of sp³-hybridized carbons (Fsp3) is 0.700. The van der Waals surface area contributed by atoms with E-state index in [1.165, 1.54) is 6.21 Å². The summed E-state index contributed by atoms with van der Waals surface area (Å²) in [6.07, 6.45) is 10.8. The lowest BCUT2D eigenvalue weighted by Crippen LogP contribution is -2.02. The van der Waals surface area contributed by atoms with Crippen molar-refractivity contribution >= 4 is 6.21 Å². The van der Waals surface area contributed by atoms with E-state index in [1.54, 1.807) is 0 Å². The van der Waals surface area contributed by atoms with Crippen LogP contribution in [0.2, 0.25) is 0 Å². The molecule has 0 rings (SSSR count). The SMILES string of the molecule is C#CCCC(CC=[N+]=[N-])CCCO. The number of hydrogen-bond acceptors (Lipinski definition) is 1. The zero-order valence-electron chi connectivity index (χ0n) is 7.82. The van der Waals surface area contributed by atoms with E-state index in [1.807, 2.05) is 0 Å². The summed E-state index contributed by atoms with van der Waals surface area (Å²) in [7, 11) is 0. The molecule has 0 aromatic heterocycles. The van der Waals surface area contributed by atoms with Crippen LogP contribution in [0.15, 0.2) is 0 Å². The Morgan fingerprint density at radius 2 is 2.31 bits per heavy atom. The number of rotatable bonds is 7. The summed E-state index contributed by atoms with van der Waals surface area (Å²) in [5, 5.41) is 8.64. The van der Waals surface area contributed by atoms with Gasteiger partial charge in [0, 0.05) is 19.4 Å². The molecule has 0 radical (unpaired) electrons. The summed E-state index contributed by atoms with van der Waals surface area (Å²) in [6.45, 7) is 0.211. The third kappa shape index (κ3) is 7.27. The van der Waals surface area contributed by atoms with Crippen LogP contribution in [-0.4, -0.2) is 22.7 Å². The third-order valence-electron chi connectivity index (χ3n) is 1.99. The Morgan fingerprint density at radius 3 is 2.85 bits per heavy atom. The second kappa shape index (κ2) is 8.99. The van der Waals surface area contributed by atoms with Gasteiger partial charge in [0.1, 0.15) is 0 Å². The van der Waals surface area contributed by atoms with E-state index in [4.69, 9.17) is 17.1 Å². The molecule has 0 saturated carbocycles. The molecule has 0 amide bonds. The van der Waals surface area contributed by atoms with Gasteiger partial charge in [0.2, 0.25) is 0 Å². The van der Waals surface area contributed by atoms with E-state index in [2.05, 4.69) is 10.7 Å². The first-order valence-electron chi connectivity index (χ1n) is 4.55. The average Bonchev–Trinajstić information content (AvgIpc) is 2.17. The molecule has 0 heterocycles. The fourth-order valence-electron chi connectivity index (χ4n) is 1.24. The van der Waals surface area contributed by atoms with Crippen LogP contribution in [0.3, 0.4) is 0 Å². The molecule has 0 saturated heterocycles. The second-order valence-electron chi connectivity index (χ2n) is 3.01. The predicted octanol–water partition coefficient (Wildman–Crippen LogP) is 1.48. The van der Waals surface area contributed by atoms with Crippen LogP contribution in [0, 0.1) is 18.3 Å². The van der Waals surface area contributed by atoms with E-state index < -0.39 is 0 Å². The molecule has 3 nitrogen and oxygen atoms in total. The van der Waals surface area contributed by atoms with Crippen molar-refractivity contribution in [3.8, 4) is 12.3 Å². The molecular weight excluding hydrogens is 164 g/mol. The van der Waals surface area contributed by atoms with Gasteiger partial charge in [0.15, 0.2) is 0 Å². The van der Waals surface area contributed by atoms with Crippen LogP contribution in [0.25, 0.3) is 5.53 Å². The Hall–Kier alpha value is -1.10. The molecule has 0 aliphatic carbocycles. The first-order chi connectivity index (χ1) is 6.35. The van der Waals surface area contributed by atoms with Crippen LogP contribution < -0.4 is 0 Å². The largest absolute Gasteiger partial charge is 0.396 e. The van der Waals surface area contributed by atoms with Crippen molar-refractivity contribution in [2.75, 3.05) is 6.61 Å². The van der Waals surface area contributed by atoms with Gasteiger partial charge in [-0.3, -0.25) is 0 Å². The van der Waals surface area contributed by atoms with Crippen LogP contribution in [0.5, 0.6) is 0 Å². The molecule has 1 atom stereocenters. The summed E-state index contributed by atoms with van der Waals surface area (Å²) in [6, 6.07) is 0. The maximum absolute atomic E-state index is 8.64. The van der Waals surface area contributed by atoms with Crippen LogP contribution in [0.1, 0.15) is 32.1 Å². The predicted molar refractivity (Wildman–Crippen MR) is 52.2 cm³/mol. The first kappa shape index (κ1) is 11.9. The van der Waals surface area contributed by atoms with Crippen molar-refractivity contribution in [2.24, 2.45) is 5.92 Å². The van der Waals surface area contributed by atoms with Crippen molar-refractivity contribution in [3.05, 3.63) is 5.53 Å². The summed E-state index contributed by atoms with van der Waals surface area (Å²) >= 11 is 0. The zero-order valence-corrected chi connectivity index (χ0v) is 7.82. The molecule has 13 heavy (non-hydrogen) atoms. The molecule has 1 unspecified atom stereocenters. The normalized spacial score (nSPS) is 11.4. The minimum absolute atomic E-state index is 0.211. The Morgan fingerprint density at radius 1 is 1.54 bits per heavy atom. The Balaban J connectivity index is 3.73. The fourth-order valence-corrected chi connectivity index (χ4v) is 1.24. The highest BCUT2D eigenvalue weighted by atomic mass is 16.2. The number of nitrogens with zero attached hydrogens (tertiary/aromatic N) is 2. The van der Waals surface area contributed by atoms with Crippen molar-refractivity contribution in [1.29, 1.82) is 0 Å². The van der Waals surface area contributed by atoms with E-state index in [0.29, 0.717) is 5.92 Å². The van der Waals surface area contributed by atoms with Gasteiger partial charge >= 0.3 is 0 Å². The highest BCUT2D eigenvalue weighted by Crippen LogP contribution is 2.15. The van der Waals surface area contributed by atoms with Gasteiger partial charge in [-0.15, -0.1) is 12.3 Å². The topological polar surface area (TPSA) is 56.6 Å². The lowest BCUT2D eigenvalue weighted by Gasteiger charge is -2.09. The van der Waals surface area contributed by atoms with Gasteiger partial charge in [-0.25, -0.2) is 0 Å². The van der Waals surface area contributed by atoms with Crippen molar-refractivity contribution in [3.63, 3.8) is 0 Å². The van der Waals surface area contributed by atoms with Crippen molar-refractivity contribution < 1.29 is 9.90 Å². The molecule has 3 heteroatoms. The van der Waals surface area contributed by atoms with Crippen molar-refractivity contribution in [2.45, 2.75) is 32.1 Å². The van der Waals surface area contributed by atoms with Crippen LogP contribution in [-0.2, 0) is 0 Å². The van der Waals surface area contributed by atoms with E-state index in [0.717, 1.165) is 32.1 Å². The van der Waals surface area contributed by atoms with Gasteiger partial charge in [0.25, 0.3) is 6.21 Å². The lowest BCUT2D eigenvalue weighted by molar-refractivity contribution is -0.000502. The standard InChI is InChI=1S/C10H16N2O/c1-2-3-5-10(6-4-9-13)7-8-12-11/h1,8,10,13H,3-7,9H2. The molecule has 0 aliphatic rings. The smallest absolute Gasteiger partial charge is 0.257 e. The summed E-state index contributed by atoms with van der Waals surface area (Å²) in [5.41, 5.74) is 8.25. The molecular formula is C10H16N2O.